The van der Waals surface area contributed by atoms with Crippen molar-refractivity contribution in [1.82, 2.24) is 0 Å². The molecule has 0 spiro atoms. The summed E-state index contributed by atoms with van der Waals surface area (Å²) in [5, 5.41) is 0.888. The van der Waals surface area contributed by atoms with Gasteiger partial charge in [0.1, 0.15) is 5.82 Å². The first kappa shape index (κ1) is 10.0. The van der Waals surface area contributed by atoms with Crippen molar-refractivity contribution in [3.05, 3.63) is 35.0 Å². The zero-order valence-corrected chi connectivity index (χ0v) is 8.64. The van der Waals surface area contributed by atoms with Gasteiger partial charge in [-0.2, -0.15) is 0 Å². The van der Waals surface area contributed by atoms with Crippen molar-refractivity contribution in [2.24, 2.45) is 0 Å². The van der Waals surface area contributed by atoms with Crippen molar-refractivity contribution in [2.75, 3.05) is 0 Å². The normalized spacial score (nSPS) is 17.1. The summed E-state index contributed by atoms with van der Waals surface area (Å²) in [4.78, 5) is 11.0. The molecular formula is C10H7FO3S. The molecule has 0 aromatic heterocycles. The Kier molecular flexibility index (Phi) is 2.01. The molecule has 1 aromatic rings. The van der Waals surface area contributed by atoms with E-state index < -0.39 is 15.7 Å². The number of carbonyl (C=O) groups is 1. The van der Waals surface area contributed by atoms with Gasteiger partial charge in [0, 0.05) is 16.5 Å². The molecule has 0 aliphatic carbocycles. The summed E-state index contributed by atoms with van der Waals surface area (Å²) in [7, 11) is -3.65. The summed E-state index contributed by atoms with van der Waals surface area (Å²) in [6.07, 6.45) is 0. The van der Waals surface area contributed by atoms with Gasteiger partial charge in [-0.1, -0.05) is 0 Å². The number of fused-ring (bicyclic) bond motifs is 1. The molecule has 3 nitrogen and oxygen atoms in total. The van der Waals surface area contributed by atoms with E-state index in [0.717, 1.165) is 17.5 Å². The van der Waals surface area contributed by atoms with Crippen molar-refractivity contribution in [1.29, 1.82) is 0 Å². The maximum Gasteiger partial charge on any atom is 0.201 e. The van der Waals surface area contributed by atoms with Gasteiger partial charge in [-0.05, 0) is 25.1 Å². The van der Waals surface area contributed by atoms with Crippen LogP contribution < -0.4 is 0 Å². The summed E-state index contributed by atoms with van der Waals surface area (Å²) < 4.78 is 35.9. The Morgan fingerprint density at radius 1 is 1.33 bits per heavy atom. The average molecular weight is 226 g/mol. The predicted octanol–water partition coefficient (Wildman–Crippen LogP) is 1.54. The SMILES string of the molecule is CC(=O)C1=CS(=O)(=O)c2cc(F)ccc21. The van der Waals surface area contributed by atoms with Crippen LogP contribution in [0.1, 0.15) is 12.5 Å². The van der Waals surface area contributed by atoms with E-state index in [2.05, 4.69) is 0 Å². The fourth-order valence-corrected chi connectivity index (χ4v) is 3.00. The minimum Gasteiger partial charge on any atom is -0.294 e. The Labute approximate surface area is 86.1 Å². The molecule has 2 rings (SSSR count). The maximum absolute atomic E-state index is 12.9. The molecule has 0 amide bonds. The van der Waals surface area contributed by atoms with E-state index in [1.54, 1.807) is 0 Å². The molecule has 0 N–H and O–H groups in total. The van der Waals surface area contributed by atoms with Crippen molar-refractivity contribution >= 4 is 21.2 Å². The quantitative estimate of drug-likeness (QED) is 0.729. The number of carbonyl (C=O) groups excluding carboxylic acids is 1. The highest BCUT2D eigenvalue weighted by atomic mass is 32.2. The molecule has 0 atom stereocenters. The molecule has 0 unspecified atom stereocenters. The number of hydrogen-bond acceptors (Lipinski definition) is 3. The van der Waals surface area contributed by atoms with Crippen LogP contribution in [0.5, 0.6) is 0 Å². The number of hydrogen-bond donors (Lipinski definition) is 0. The number of halogens is 1. The minimum atomic E-state index is -3.65. The van der Waals surface area contributed by atoms with Crippen LogP contribution in [-0.2, 0) is 14.6 Å². The van der Waals surface area contributed by atoms with Gasteiger partial charge in [-0.15, -0.1) is 0 Å². The van der Waals surface area contributed by atoms with Gasteiger partial charge in [-0.3, -0.25) is 4.79 Å². The van der Waals surface area contributed by atoms with Crippen LogP contribution in [-0.4, -0.2) is 14.2 Å². The molecule has 15 heavy (non-hydrogen) atoms. The van der Waals surface area contributed by atoms with E-state index in [1.165, 1.54) is 13.0 Å². The Morgan fingerprint density at radius 2 is 2.00 bits per heavy atom. The fourth-order valence-electron chi connectivity index (χ4n) is 1.51. The lowest BCUT2D eigenvalue weighted by Gasteiger charge is -2.00. The molecule has 0 bridgehead atoms. The van der Waals surface area contributed by atoms with Crippen LogP contribution in [0, 0.1) is 5.82 Å². The van der Waals surface area contributed by atoms with Gasteiger partial charge in [0.25, 0.3) is 0 Å². The molecule has 5 heteroatoms. The molecule has 1 heterocycles. The average Bonchev–Trinajstić information content (AvgIpc) is 2.39. The standard InChI is InChI=1S/C10H7FO3S/c1-6(12)9-5-15(13,14)10-4-7(11)2-3-8(9)10/h2-5H,1H3. The molecular weight excluding hydrogens is 219 g/mol. The third kappa shape index (κ3) is 1.48. The fraction of sp³-hybridized carbons (Fsp3) is 0.100. The van der Waals surface area contributed by atoms with Crippen LogP contribution in [0.3, 0.4) is 0 Å². The van der Waals surface area contributed by atoms with Crippen LogP contribution in [0.25, 0.3) is 5.57 Å². The molecule has 0 fully saturated rings. The Bertz CT molecular complexity index is 585. The first-order valence-corrected chi connectivity index (χ1v) is 5.74. The van der Waals surface area contributed by atoms with E-state index in [4.69, 9.17) is 0 Å². The highest BCUT2D eigenvalue weighted by Gasteiger charge is 2.29. The van der Waals surface area contributed by atoms with Gasteiger partial charge in [0.2, 0.25) is 9.84 Å². The summed E-state index contributed by atoms with van der Waals surface area (Å²) in [6.45, 7) is 1.28. The third-order valence-corrected chi connectivity index (χ3v) is 3.69. The lowest BCUT2D eigenvalue weighted by molar-refractivity contribution is -0.111. The number of benzene rings is 1. The third-order valence-electron chi connectivity index (χ3n) is 2.19. The molecule has 78 valence electrons. The van der Waals surface area contributed by atoms with Crippen molar-refractivity contribution in [2.45, 2.75) is 11.8 Å². The number of ketones is 1. The van der Waals surface area contributed by atoms with Gasteiger partial charge in [-0.25, -0.2) is 12.8 Å². The zero-order chi connectivity index (χ0) is 11.2. The van der Waals surface area contributed by atoms with Crippen molar-refractivity contribution in [3.63, 3.8) is 0 Å². The Balaban J connectivity index is 2.79. The second-order valence-corrected chi connectivity index (χ2v) is 5.04. The zero-order valence-electron chi connectivity index (χ0n) is 7.82. The monoisotopic (exact) mass is 226 g/mol. The molecule has 0 saturated heterocycles. The summed E-state index contributed by atoms with van der Waals surface area (Å²) in [5.74, 6) is -0.973. The maximum atomic E-state index is 12.9. The first-order valence-electron chi connectivity index (χ1n) is 4.19. The summed E-state index contributed by atoms with van der Waals surface area (Å²) in [5.41, 5.74) is 0.397. The van der Waals surface area contributed by atoms with E-state index in [1.807, 2.05) is 0 Å². The number of allylic oxidation sites excluding steroid dienone is 1. The molecule has 0 saturated carbocycles. The lowest BCUT2D eigenvalue weighted by atomic mass is 10.1. The summed E-state index contributed by atoms with van der Waals surface area (Å²) in [6, 6.07) is 3.37. The predicted molar refractivity (Wildman–Crippen MR) is 52.2 cm³/mol. The molecule has 1 aliphatic rings. The van der Waals surface area contributed by atoms with E-state index in [0.29, 0.717) is 0 Å². The van der Waals surface area contributed by atoms with Crippen molar-refractivity contribution < 1.29 is 17.6 Å². The summed E-state index contributed by atoms with van der Waals surface area (Å²) >= 11 is 0. The minimum absolute atomic E-state index is 0.116. The lowest BCUT2D eigenvalue weighted by Crippen LogP contribution is -1.95. The van der Waals surface area contributed by atoms with Gasteiger partial charge >= 0.3 is 0 Å². The van der Waals surface area contributed by atoms with Crippen molar-refractivity contribution in [3.8, 4) is 0 Å². The van der Waals surface area contributed by atoms with E-state index in [9.17, 15) is 17.6 Å². The van der Waals surface area contributed by atoms with Crippen LogP contribution in [0.2, 0.25) is 0 Å². The number of sulfone groups is 1. The Morgan fingerprint density at radius 3 is 2.60 bits per heavy atom. The number of Topliss-reactive ketones (excluding diaryl/α,β-unsaturated/α-hetero) is 1. The van der Waals surface area contributed by atoms with Gasteiger partial charge < -0.3 is 0 Å². The van der Waals surface area contributed by atoms with Gasteiger partial charge in [0.05, 0.1) is 4.90 Å². The van der Waals surface area contributed by atoms with Crippen LogP contribution in [0.4, 0.5) is 4.39 Å². The Hall–Kier alpha value is -1.49. The largest absolute Gasteiger partial charge is 0.294 e. The first-order chi connectivity index (χ1) is 6.92. The smallest absolute Gasteiger partial charge is 0.201 e. The topological polar surface area (TPSA) is 51.2 Å². The number of rotatable bonds is 1. The van der Waals surface area contributed by atoms with E-state index in [-0.39, 0.29) is 21.8 Å². The highest BCUT2D eigenvalue weighted by Crippen LogP contribution is 2.33. The van der Waals surface area contributed by atoms with Crippen LogP contribution >= 0.6 is 0 Å². The second kappa shape index (κ2) is 3.00. The molecule has 1 aromatic carbocycles. The second-order valence-electron chi connectivity index (χ2n) is 3.27. The molecule has 1 aliphatic heterocycles. The van der Waals surface area contributed by atoms with E-state index >= 15 is 0 Å². The van der Waals surface area contributed by atoms with Gasteiger partial charge in [0.15, 0.2) is 5.78 Å². The highest BCUT2D eigenvalue weighted by molar-refractivity contribution is 7.95. The van der Waals surface area contributed by atoms with Crippen LogP contribution in [0.15, 0.2) is 28.5 Å². The molecule has 0 radical (unpaired) electrons.